The zero-order valence-corrected chi connectivity index (χ0v) is 8.10. The lowest BCUT2D eigenvalue weighted by molar-refractivity contribution is -0.137. The summed E-state index contributed by atoms with van der Waals surface area (Å²) in [5, 5.41) is 0. The van der Waals surface area contributed by atoms with Crippen LogP contribution in [0.25, 0.3) is 0 Å². The van der Waals surface area contributed by atoms with E-state index in [-0.39, 0.29) is 0 Å². The van der Waals surface area contributed by atoms with Crippen molar-refractivity contribution < 1.29 is 13.2 Å². The van der Waals surface area contributed by atoms with Crippen LogP contribution in [0.3, 0.4) is 0 Å². The van der Waals surface area contributed by atoms with Crippen LogP contribution in [0.2, 0.25) is 0 Å². The predicted molar refractivity (Wildman–Crippen MR) is 53.1 cm³/mol. The van der Waals surface area contributed by atoms with Crippen molar-refractivity contribution in [3.63, 3.8) is 0 Å². The molecule has 15 heavy (non-hydrogen) atoms. The summed E-state index contributed by atoms with van der Waals surface area (Å²) < 4.78 is 36.5. The maximum Gasteiger partial charge on any atom is 0.416 e. The molecule has 0 radical (unpaired) electrons. The third-order valence-corrected chi connectivity index (χ3v) is 1.68. The average molecular weight is 210 g/mol. The lowest BCUT2D eigenvalue weighted by Gasteiger charge is -2.05. The second-order valence-corrected chi connectivity index (χ2v) is 2.84. The van der Waals surface area contributed by atoms with Crippen LogP contribution in [0.4, 0.5) is 13.2 Å². The highest BCUT2D eigenvalue weighted by Gasteiger charge is 2.29. The Bertz CT molecular complexity index is 399. The molecule has 0 N–H and O–H groups in total. The molecule has 0 bridgehead atoms. The summed E-state index contributed by atoms with van der Waals surface area (Å²) in [6.07, 6.45) is -0.885. The van der Waals surface area contributed by atoms with Gasteiger partial charge in [-0.1, -0.05) is 17.9 Å². The van der Waals surface area contributed by atoms with E-state index >= 15 is 0 Å². The minimum atomic E-state index is -4.28. The molecule has 1 aromatic rings. The summed E-state index contributed by atoms with van der Waals surface area (Å²) >= 11 is 0. The second-order valence-electron chi connectivity index (χ2n) is 2.84. The summed E-state index contributed by atoms with van der Waals surface area (Å²) in [6, 6.07) is 4.78. The van der Waals surface area contributed by atoms with Gasteiger partial charge in [0.1, 0.15) is 0 Å². The fourth-order valence-corrected chi connectivity index (χ4v) is 0.951. The van der Waals surface area contributed by atoms with Crippen molar-refractivity contribution in [2.24, 2.45) is 0 Å². The molecule has 0 spiro atoms. The zero-order chi connectivity index (χ0) is 11.3. The molecule has 1 aromatic carbocycles. The smallest absolute Gasteiger partial charge is 0.166 e. The van der Waals surface area contributed by atoms with E-state index < -0.39 is 11.7 Å². The van der Waals surface area contributed by atoms with E-state index in [1.807, 2.05) is 6.92 Å². The minimum Gasteiger partial charge on any atom is -0.166 e. The summed E-state index contributed by atoms with van der Waals surface area (Å²) in [5.74, 6) is 5.42. The Morgan fingerprint density at radius 1 is 1.13 bits per heavy atom. The van der Waals surface area contributed by atoms with Crippen molar-refractivity contribution in [1.82, 2.24) is 0 Å². The first-order valence-electron chi connectivity index (χ1n) is 4.34. The highest BCUT2D eigenvalue weighted by atomic mass is 19.4. The number of hydrogen-bond acceptors (Lipinski definition) is 0. The molecule has 0 atom stereocenters. The van der Waals surface area contributed by atoms with Crippen LogP contribution in [0.1, 0.15) is 18.1 Å². The maximum atomic E-state index is 12.2. The average Bonchev–Trinajstić information content (AvgIpc) is 2.18. The van der Waals surface area contributed by atoms with E-state index in [9.17, 15) is 13.2 Å². The third kappa shape index (κ3) is 3.51. The summed E-state index contributed by atoms with van der Waals surface area (Å²) in [6.45, 7) is 1.82. The number of benzene rings is 1. The van der Waals surface area contributed by atoms with Gasteiger partial charge in [0.05, 0.1) is 5.56 Å². The number of hydrogen-bond donors (Lipinski definition) is 0. The van der Waals surface area contributed by atoms with Crippen LogP contribution in [-0.4, -0.2) is 0 Å². The van der Waals surface area contributed by atoms with Crippen molar-refractivity contribution in [3.8, 4) is 11.8 Å². The molecule has 3 heteroatoms. The fraction of sp³-hybridized carbons (Fsp3) is 0.167. The first-order valence-corrected chi connectivity index (χ1v) is 4.34. The first-order chi connectivity index (χ1) is 7.04. The Kier molecular flexibility index (Phi) is 3.56. The van der Waals surface area contributed by atoms with Crippen LogP contribution >= 0.6 is 0 Å². The van der Waals surface area contributed by atoms with Gasteiger partial charge in [-0.3, -0.25) is 0 Å². The monoisotopic (exact) mass is 210 g/mol. The minimum absolute atomic E-state index is 0.570. The highest BCUT2D eigenvalue weighted by molar-refractivity contribution is 5.38. The first kappa shape index (κ1) is 11.4. The standard InChI is InChI=1S/C12H9F3/c1-2-3-4-5-10-6-8-11(9-7-10)12(13,14)15/h2-3,6-9H,1H3/b3-2+. The topological polar surface area (TPSA) is 0 Å². The van der Waals surface area contributed by atoms with Gasteiger partial charge in [-0.05, 0) is 37.3 Å². The summed E-state index contributed by atoms with van der Waals surface area (Å²) in [5.41, 5.74) is -0.0832. The number of halogens is 3. The molecule has 0 heterocycles. The zero-order valence-electron chi connectivity index (χ0n) is 8.10. The Balaban J connectivity index is 2.88. The molecule has 0 unspecified atom stereocenters. The maximum absolute atomic E-state index is 12.2. The predicted octanol–water partition coefficient (Wildman–Crippen LogP) is 3.63. The molecule has 0 fully saturated rings. The van der Waals surface area contributed by atoms with Gasteiger partial charge in [0.15, 0.2) is 0 Å². The van der Waals surface area contributed by atoms with E-state index in [2.05, 4.69) is 11.8 Å². The van der Waals surface area contributed by atoms with Crippen molar-refractivity contribution in [1.29, 1.82) is 0 Å². The Hall–Kier alpha value is -1.69. The van der Waals surface area contributed by atoms with E-state index in [0.29, 0.717) is 5.56 Å². The number of rotatable bonds is 0. The molecular weight excluding hydrogens is 201 g/mol. The van der Waals surface area contributed by atoms with Gasteiger partial charge in [0, 0.05) is 5.56 Å². The second kappa shape index (κ2) is 4.70. The molecule has 0 amide bonds. The third-order valence-electron chi connectivity index (χ3n) is 1.68. The molecule has 0 aliphatic rings. The van der Waals surface area contributed by atoms with Crippen LogP contribution < -0.4 is 0 Å². The van der Waals surface area contributed by atoms with Gasteiger partial charge < -0.3 is 0 Å². The van der Waals surface area contributed by atoms with E-state index in [0.717, 1.165) is 12.1 Å². The van der Waals surface area contributed by atoms with Gasteiger partial charge in [0.25, 0.3) is 0 Å². The Labute approximate surface area is 86.4 Å². The summed E-state index contributed by atoms with van der Waals surface area (Å²) in [7, 11) is 0. The van der Waals surface area contributed by atoms with Gasteiger partial charge in [-0.2, -0.15) is 13.2 Å². The molecule has 0 saturated heterocycles. The van der Waals surface area contributed by atoms with Crippen molar-refractivity contribution in [2.75, 3.05) is 0 Å². The van der Waals surface area contributed by atoms with E-state index in [4.69, 9.17) is 0 Å². The molecule has 1 rings (SSSR count). The Morgan fingerprint density at radius 2 is 1.73 bits per heavy atom. The van der Waals surface area contributed by atoms with Crippen molar-refractivity contribution in [2.45, 2.75) is 13.1 Å². The normalized spacial score (nSPS) is 11.2. The van der Waals surface area contributed by atoms with Crippen LogP contribution in [0.5, 0.6) is 0 Å². The Morgan fingerprint density at radius 3 is 2.20 bits per heavy atom. The highest BCUT2D eigenvalue weighted by Crippen LogP contribution is 2.28. The number of allylic oxidation sites excluding steroid dienone is 2. The van der Waals surface area contributed by atoms with Crippen LogP contribution in [0.15, 0.2) is 36.4 Å². The quantitative estimate of drug-likeness (QED) is 0.573. The molecule has 0 nitrogen and oxygen atoms in total. The molecule has 78 valence electrons. The van der Waals surface area contributed by atoms with Gasteiger partial charge in [-0.25, -0.2) is 0 Å². The molecule has 0 saturated carbocycles. The molecule has 0 aliphatic carbocycles. The molecule has 0 aromatic heterocycles. The lowest BCUT2D eigenvalue weighted by Crippen LogP contribution is -2.03. The van der Waals surface area contributed by atoms with E-state index in [1.165, 1.54) is 12.1 Å². The largest absolute Gasteiger partial charge is 0.416 e. The summed E-state index contributed by atoms with van der Waals surface area (Å²) in [4.78, 5) is 0. The van der Waals surface area contributed by atoms with Crippen molar-refractivity contribution in [3.05, 3.63) is 47.5 Å². The van der Waals surface area contributed by atoms with E-state index in [1.54, 1.807) is 12.2 Å². The fourth-order valence-electron chi connectivity index (χ4n) is 0.951. The van der Waals surface area contributed by atoms with Crippen LogP contribution in [0, 0.1) is 11.8 Å². The lowest BCUT2D eigenvalue weighted by atomic mass is 10.1. The van der Waals surface area contributed by atoms with Crippen LogP contribution in [-0.2, 0) is 6.18 Å². The van der Waals surface area contributed by atoms with Crippen molar-refractivity contribution >= 4 is 0 Å². The van der Waals surface area contributed by atoms with Gasteiger partial charge in [0.2, 0.25) is 0 Å². The SMILES string of the molecule is C/C=C/C#Cc1ccc(C(F)(F)F)cc1. The van der Waals surface area contributed by atoms with Gasteiger partial charge >= 0.3 is 6.18 Å². The molecule has 0 aliphatic heterocycles. The number of alkyl halides is 3. The molecular formula is C12H9F3. The van der Waals surface area contributed by atoms with Gasteiger partial charge in [-0.15, -0.1) is 0 Å².